The summed E-state index contributed by atoms with van der Waals surface area (Å²) >= 11 is 12.1. The molecule has 8 heteroatoms. The van der Waals surface area contributed by atoms with Gasteiger partial charge in [0.2, 0.25) is 15.9 Å². The molecular weight excluding hydrogens is 395 g/mol. The first kappa shape index (κ1) is 19.2. The smallest absolute Gasteiger partial charge is 0.246 e. The summed E-state index contributed by atoms with van der Waals surface area (Å²) in [4.78, 5) is 12.4. The van der Waals surface area contributed by atoms with Crippen molar-refractivity contribution >= 4 is 44.8 Å². The standard InChI is InChI=1S/C18H18Cl2N2O3S/c19-15-9-4-10-16(20)17(15)26(24,25)22-11-5-6-13(12-22)18(23)21-14-7-2-1-3-8-14/h1-4,7-10,13H,5-6,11-12H2,(H,21,23). The maximum absolute atomic E-state index is 13.0. The monoisotopic (exact) mass is 412 g/mol. The van der Waals surface area contributed by atoms with Crippen LogP contribution in [0.5, 0.6) is 0 Å². The van der Waals surface area contributed by atoms with Crippen molar-refractivity contribution in [3.8, 4) is 0 Å². The topological polar surface area (TPSA) is 66.5 Å². The molecular formula is C18H18Cl2N2O3S. The van der Waals surface area contributed by atoms with Gasteiger partial charge in [-0.15, -0.1) is 0 Å². The molecule has 138 valence electrons. The fraction of sp³-hybridized carbons (Fsp3) is 0.278. The number of carbonyl (C=O) groups is 1. The minimum absolute atomic E-state index is 0.0772. The van der Waals surface area contributed by atoms with Gasteiger partial charge in [0, 0.05) is 18.8 Å². The van der Waals surface area contributed by atoms with Gasteiger partial charge in [-0.3, -0.25) is 4.79 Å². The molecule has 0 saturated carbocycles. The van der Waals surface area contributed by atoms with Gasteiger partial charge in [-0.05, 0) is 37.1 Å². The Balaban J connectivity index is 1.78. The molecule has 5 nitrogen and oxygen atoms in total. The van der Waals surface area contributed by atoms with Gasteiger partial charge in [-0.1, -0.05) is 47.5 Å². The summed E-state index contributed by atoms with van der Waals surface area (Å²) in [5, 5.41) is 2.99. The van der Waals surface area contributed by atoms with Crippen molar-refractivity contribution in [3.63, 3.8) is 0 Å². The molecule has 1 unspecified atom stereocenters. The van der Waals surface area contributed by atoms with Crippen molar-refractivity contribution in [1.82, 2.24) is 4.31 Å². The van der Waals surface area contributed by atoms with E-state index < -0.39 is 15.9 Å². The van der Waals surface area contributed by atoms with E-state index in [0.717, 1.165) is 0 Å². The van der Waals surface area contributed by atoms with Crippen LogP contribution in [0.4, 0.5) is 5.69 Å². The maximum Gasteiger partial charge on any atom is 0.246 e. The third-order valence-corrected chi connectivity index (χ3v) is 7.13. The van der Waals surface area contributed by atoms with Gasteiger partial charge in [0.1, 0.15) is 4.90 Å². The van der Waals surface area contributed by atoms with Crippen LogP contribution in [0, 0.1) is 5.92 Å². The number of sulfonamides is 1. The van der Waals surface area contributed by atoms with Gasteiger partial charge < -0.3 is 5.32 Å². The van der Waals surface area contributed by atoms with Crippen LogP contribution in [0.2, 0.25) is 10.0 Å². The average molecular weight is 413 g/mol. The first-order chi connectivity index (χ1) is 12.4. The molecule has 3 rings (SSSR count). The predicted molar refractivity (Wildman–Crippen MR) is 103 cm³/mol. The Labute approximate surface area is 163 Å². The highest BCUT2D eigenvalue weighted by Crippen LogP contribution is 2.33. The van der Waals surface area contributed by atoms with E-state index in [0.29, 0.717) is 25.1 Å². The lowest BCUT2D eigenvalue weighted by molar-refractivity contribution is -0.120. The molecule has 2 aromatic rings. The van der Waals surface area contributed by atoms with Gasteiger partial charge >= 0.3 is 0 Å². The Morgan fingerprint density at radius 3 is 2.35 bits per heavy atom. The number of piperidine rings is 1. The zero-order valence-electron chi connectivity index (χ0n) is 13.9. The van der Waals surface area contributed by atoms with Gasteiger partial charge in [-0.25, -0.2) is 8.42 Å². The number of benzene rings is 2. The van der Waals surface area contributed by atoms with Crippen LogP contribution >= 0.6 is 23.2 Å². The van der Waals surface area contributed by atoms with E-state index in [-0.39, 0.29) is 27.4 Å². The molecule has 1 aliphatic rings. The summed E-state index contributed by atoms with van der Waals surface area (Å²) in [6.07, 6.45) is 1.22. The molecule has 1 fully saturated rings. The number of para-hydroxylation sites is 1. The fourth-order valence-corrected chi connectivity index (χ4v) is 5.61. The van der Waals surface area contributed by atoms with E-state index >= 15 is 0 Å². The molecule has 1 amide bonds. The fourth-order valence-electron chi connectivity index (χ4n) is 3.00. The van der Waals surface area contributed by atoms with Crippen LogP contribution in [0.3, 0.4) is 0 Å². The Kier molecular flexibility index (Phi) is 5.87. The molecule has 1 N–H and O–H groups in total. The van der Waals surface area contributed by atoms with Crippen molar-refractivity contribution in [3.05, 3.63) is 58.6 Å². The second-order valence-electron chi connectivity index (χ2n) is 6.11. The van der Waals surface area contributed by atoms with Gasteiger partial charge in [0.15, 0.2) is 0 Å². The number of rotatable bonds is 4. The number of hydrogen-bond acceptors (Lipinski definition) is 3. The molecule has 0 radical (unpaired) electrons. The Morgan fingerprint density at radius 2 is 1.69 bits per heavy atom. The lowest BCUT2D eigenvalue weighted by Gasteiger charge is -2.31. The van der Waals surface area contributed by atoms with Gasteiger partial charge in [0.05, 0.1) is 16.0 Å². The number of nitrogens with one attached hydrogen (secondary N) is 1. The molecule has 2 aromatic carbocycles. The number of halogens is 2. The summed E-state index contributed by atoms with van der Waals surface area (Å²) in [5.41, 5.74) is 0.687. The number of anilines is 1. The van der Waals surface area contributed by atoms with Crippen LogP contribution in [0.1, 0.15) is 12.8 Å². The van der Waals surface area contributed by atoms with Crippen molar-refractivity contribution in [2.24, 2.45) is 5.92 Å². The first-order valence-corrected chi connectivity index (χ1v) is 10.4. The van der Waals surface area contributed by atoms with Crippen molar-refractivity contribution in [2.45, 2.75) is 17.7 Å². The van der Waals surface area contributed by atoms with Crippen LogP contribution in [0.25, 0.3) is 0 Å². The van der Waals surface area contributed by atoms with Crippen LogP contribution in [-0.2, 0) is 14.8 Å². The summed E-state index contributed by atoms with van der Waals surface area (Å²) in [7, 11) is -3.87. The number of amides is 1. The zero-order chi connectivity index (χ0) is 18.7. The molecule has 1 atom stereocenters. The molecule has 0 spiro atoms. The lowest BCUT2D eigenvalue weighted by Crippen LogP contribution is -2.43. The number of hydrogen-bond donors (Lipinski definition) is 1. The minimum Gasteiger partial charge on any atom is -0.326 e. The Hall–Kier alpha value is -1.60. The summed E-state index contributed by atoms with van der Waals surface area (Å²) in [6, 6.07) is 13.7. The van der Waals surface area contributed by atoms with E-state index in [1.54, 1.807) is 18.2 Å². The van der Waals surface area contributed by atoms with Crippen molar-refractivity contribution < 1.29 is 13.2 Å². The van der Waals surface area contributed by atoms with Crippen LogP contribution in [-0.4, -0.2) is 31.7 Å². The van der Waals surface area contributed by atoms with Gasteiger partial charge in [-0.2, -0.15) is 4.31 Å². The predicted octanol–water partition coefficient (Wildman–Crippen LogP) is 4.03. The summed E-state index contributed by atoms with van der Waals surface area (Å²) in [6.45, 7) is 0.432. The Bertz CT molecular complexity index is 884. The summed E-state index contributed by atoms with van der Waals surface area (Å²) in [5.74, 6) is -0.624. The highest BCUT2D eigenvalue weighted by molar-refractivity contribution is 7.89. The second kappa shape index (κ2) is 7.96. The number of nitrogens with zero attached hydrogens (tertiary/aromatic N) is 1. The highest BCUT2D eigenvalue weighted by atomic mass is 35.5. The maximum atomic E-state index is 13.0. The molecule has 0 aromatic heterocycles. The molecule has 0 bridgehead atoms. The average Bonchev–Trinajstić information content (AvgIpc) is 2.62. The normalized spacial score (nSPS) is 18.5. The molecule has 1 saturated heterocycles. The number of carbonyl (C=O) groups excluding carboxylic acids is 1. The molecule has 0 aliphatic carbocycles. The quantitative estimate of drug-likeness (QED) is 0.823. The van der Waals surface area contributed by atoms with Crippen molar-refractivity contribution in [2.75, 3.05) is 18.4 Å². The second-order valence-corrected chi connectivity index (χ2v) is 8.80. The highest BCUT2D eigenvalue weighted by Gasteiger charge is 2.35. The molecule has 1 heterocycles. The lowest BCUT2D eigenvalue weighted by atomic mass is 9.99. The third-order valence-electron chi connectivity index (χ3n) is 4.31. The van der Waals surface area contributed by atoms with E-state index in [9.17, 15) is 13.2 Å². The van der Waals surface area contributed by atoms with E-state index in [4.69, 9.17) is 23.2 Å². The largest absolute Gasteiger partial charge is 0.326 e. The van der Waals surface area contributed by atoms with Crippen molar-refractivity contribution in [1.29, 1.82) is 0 Å². The van der Waals surface area contributed by atoms with E-state index in [1.165, 1.54) is 16.4 Å². The van der Waals surface area contributed by atoms with Crippen LogP contribution in [0.15, 0.2) is 53.4 Å². The van der Waals surface area contributed by atoms with E-state index in [1.807, 2.05) is 18.2 Å². The first-order valence-electron chi connectivity index (χ1n) is 8.19. The SMILES string of the molecule is O=C(Nc1ccccc1)C1CCCN(S(=O)(=O)c2c(Cl)cccc2Cl)C1. The molecule has 26 heavy (non-hydrogen) atoms. The molecule has 1 aliphatic heterocycles. The third kappa shape index (κ3) is 4.04. The zero-order valence-corrected chi connectivity index (χ0v) is 16.2. The Morgan fingerprint density at radius 1 is 1.04 bits per heavy atom. The van der Waals surface area contributed by atoms with E-state index in [2.05, 4.69) is 5.32 Å². The van der Waals surface area contributed by atoms with Gasteiger partial charge in [0.25, 0.3) is 0 Å². The van der Waals surface area contributed by atoms with Crippen LogP contribution < -0.4 is 5.32 Å². The minimum atomic E-state index is -3.87. The summed E-state index contributed by atoms with van der Waals surface area (Å²) < 4.78 is 27.3.